The molecular formula is C19H20Cl2O4. The monoisotopic (exact) mass is 382 g/mol. The predicted octanol–water partition coefficient (Wildman–Crippen LogP) is 4.20. The molecule has 0 aromatic heterocycles. The van der Waals surface area contributed by atoms with E-state index in [2.05, 4.69) is 0 Å². The zero-order valence-corrected chi connectivity index (χ0v) is 15.6. The van der Waals surface area contributed by atoms with Crippen LogP contribution < -0.4 is 0 Å². The third-order valence-electron chi connectivity index (χ3n) is 3.89. The van der Waals surface area contributed by atoms with Gasteiger partial charge in [0.25, 0.3) is 0 Å². The topological polar surface area (TPSA) is 55.8 Å². The second kappa shape index (κ2) is 8.68. The molecule has 0 aliphatic rings. The first-order chi connectivity index (χ1) is 12.0. The Bertz CT molecular complexity index is 653. The Kier molecular flexibility index (Phi) is 6.85. The standard InChI is InChI=1S/C19H20Cl2O4/c1-3-12-25-19(17(22)18(23)24-2,13-4-8-15(20)9-5-13)14-6-10-16(21)11-7-14/h4-11,17,22H,3,12H2,1-2H3/t17-/m0/s1. The van der Waals surface area contributed by atoms with E-state index in [9.17, 15) is 9.90 Å². The summed E-state index contributed by atoms with van der Waals surface area (Å²) in [6.45, 7) is 2.28. The lowest BCUT2D eigenvalue weighted by atomic mass is 9.81. The van der Waals surface area contributed by atoms with E-state index in [1.54, 1.807) is 48.5 Å². The van der Waals surface area contributed by atoms with Gasteiger partial charge in [0.2, 0.25) is 0 Å². The molecule has 0 aliphatic heterocycles. The van der Waals surface area contributed by atoms with Crippen LogP contribution >= 0.6 is 23.2 Å². The van der Waals surface area contributed by atoms with Gasteiger partial charge in [0.1, 0.15) is 0 Å². The lowest BCUT2D eigenvalue weighted by molar-refractivity contribution is -0.170. The first kappa shape index (κ1) is 19.7. The van der Waals surface area contributed by atoms with E-state index < -0.39 is 17.7 Å². The first-order valence-corrected chi connectivity index (χ1v) is 8.63. The summed E-state index contributed by atoms with van der Waals surface area (Å²) < 4.78 is 10.8. The zero-order chi connectivity index (χ0) is 18.4. The fourth-order valence-corrected chi connectivity index (χ4v) is 2.92. The number of aliphatic hydroxyl groups excluding tert-OH is 1. The van der Waals surface area contributed by atoms with Crippen LogP contribution in [0, 0.1) is 0 Å². The summed E-state index contributed by atoms with van der Waals surface area (Å²) in [4.78, 5) is 12.2. The fraction of sp³-hybridized carbons (Fsp3) is 0.316. The molecule has 1 atom stereocenters. The van der Waals surface area contributed by atoms with Crippen molar-refractivity contribution in [2.24, 2.45) is 0 Å². The van der Waals surface area contributed by atoms with Gasteiger partial charge in [-0.2, -0.15) is 0 Å². The molecule has 0 radical (unpaired) electrons. The minimum absolute atomic E-state index is 0.333. The predicted molar refractivity (Wildman–Crippen MR) is 97.9 cm³/mol. The maximum Gasteiger partial charge on any atom is 0.338 e. The van der Waals surface area contributed by atoms with Crippen molar-refractivity contribution in [1.82, 2.24) is 0 Å². The summed E-state index contributed by atoms with van der Waals surface area (Å²) in [5.41, 5.74) is -0.255. The van der Waals surface area contributed by atoms with Crippen LogP contribution in [-0.4, -0.2) is 30.9 Å². The highest BCUT2D eigenvalue weighted by atomic mass is 35.5. The van der Waals surface area contributed by atoms with E-state index >= 15 is 0 Å². The number of hydrogen-bond acceptors (Lipinski definition) is 4. The van der Waals surface area contributed by atoms with Crippen molar-refractivity contribution in [2.45, 2.75) is 25.0 Å². The van der Waals surface area contributed by atoms with Crippen LogP contribution in [-0.2, 0) is 19.9 Å². The molecule has 0 aliphatic carbocycles. The maximum absolute atomic E-state index is 12.2. The highest BCUT2D eigenvalue weighted by Crippen LogP contribution is 2.39. The third-order valence-corrected chi connectivity index (χ3v) is 4.39. The minimum atomic E-state index is -1.56. The van der Waals surface area contributed by atoms with Crippen molar-refractivity contribution in [3.63, 3.8) is 0 Å². The van der Waals surface area contributed by atoms with E-state index in [1.807, 2.05) is 6.92 Å². The van der Waals surface area contributed by atoms with Crippen molar-refractivity contribution in [3.8, 4) is 0 Å². The highest BCUT2D eigenvalue weighted by molar-refractivity contribution is 6.30. The van der Waals surface area contributed by atoms with Gasteiger partial charge in [-0.15, -0.1) is 0 Å². The quantitative estimate of drug-likeness (QED) is 0.729. The molecule has 0 amide bonds. The summed E-state index contributed by atoms with van der Waals surface area (Å²) in [5.74, 6) is -0.791. The number of rotatable bonds is 7. The molecule has 0 unspecified atom stereocenters. The fourth-order valence-electron chi connectivity index (χ4n) is 2.66. The zero-order valence-electron chi connectivity index (χ0n) is 14.0. The van der Waals surface area contributed by atoms with Gasteiger partial charge < -0.3 is 14.6 Å². The van der Waals surface area contributed by atoms with E-state index in [0.29, 0.717) is 34.2 Å². The Morgan fingerprint density at radius 1 is 1.04 bits per heavy atom. The molecule has 2 aromatic rings. The smallest absolute Gasteiger partial charge is 0.338 e. The number of hydrogen-bond donors (Lipinski definition) is 1. The van der Waals surface area contributed by atoms with Gasteiger partial charge in [0, 0.05) is 16.7 Å². The molecular weight excluding hydrogens is 363 g/mol. The Labute approximate surface area is 157 Å². The van der Waals surface area contributed by atoms with Crippen LogP contribution in [0.1, 0.15) is 24.5 Å². The number of ether oxygens (including phenoxy) is 2. The normalized spacial score (nSPS) is 12.7. The molecule has 25 heavy (non-hydrogen) atoms. The van der Waals surface area contributed by atoms with Crippen LogP contribution in [0.5, 0.6) is 0 Å². The summed E-state index contributed by atoms with van der Waals surface area (Å²) in [5, 5.41) is 11.9. The Balaban J connectivity index is 2.69. The third kappa shape index (κ3) is 4.15. The minimum Gasteiger partial charge on any atom is -0.467 e. The van der Waals surface area contributed by atoms with Crippen molar-refractivity contribution in [2.75, 3.05) is 13.7 Å². The van der Waals surface area contributed by atoms with Gasteiger partial charge in [0.05, 0.1) is 7.11 Å². The molecule has 6 heteroatoms. The summed E-state index contributed by atoms with van der Waals surface area (Å²) in [7, 11) is 1.22. The summed E-state index contributed by atoms with van der Waals surface area (Å²) in [6.07, 6.45) is -0.858. The van der Waals surface area contributed by atoms with E-state index in [1.165, 1.54) is 7.11 Å². The van der Waals surface area contributed by atoms with Gasteiger partial charge in [-0.1, -0.05) is 54.4 Å². The SMILES string of the molecule is CCCOC(c1ccc(Cl)cc1)(c1ccc(Cl)cc1)[C@@H](O)C(=O)OC. The van der Waals surface area contributed by atoms with Gasteiger partial charge in [0.15, 0.2) is 11.7 Å². The van der Waals surface area contributed by atoms with Crippen LogP contribution in [0.25, 0.3) is 0 Å². The van der Waals surface area contributed by atoms with Crippen LogP contribution in [0.3, 0.4) is 0 Å². The second-order valence-corrected chi connectivity index (χ2v) is 6.40. The van der Waals surface area contributed by atoms with Gasteiger partial charge >= 0.3 is 5.97 Å². The number of benzene rings is 2. The molecule has 4 nitrogen and oxygen atoms in total. The number of esters is 1. The summed E-state index contributed by atoms with van der Waals surface area (Å²) >= 11 is 12.0. The number of methoxy groups -OCH3 is 1. The number of aliphatic hydroxyl groups is 1. The molecule has 1 N–H and O–H groups in total. The number of carbonyl (C=O) groups excluding carboxylic acids is 1. The molecule has 0 saturated carbocycles. The van der Waals surface area contributed by atoms with E-state index in [0.717, 1.165) is 0 Å². The van der Waals surface area contributed by atoms with Gasteiger partial charge in [-0.3, -0.25) is 0 Å². The molecule has 0 heterocycles. The van der Waals surface area contributed by atoms with Gasteiger partial charge in [-0.05, 0) is 41.8 Å². The lowest BCUT2D eigenvalue weighted by Crippen LogP contribution is -2.48. The molecule has 0 fully saturated rings. The molecule has 0 bridgehead atoms. The lowest BCUT2D eigenvalue weighted by Gasteiger charge is -2.37. The largest absolute Gasteiger partial charge is 0.467 e. The van der Waals surface area contributed by atoms with Gasteiger partial charge in [-0.25, -0.2) is 4.79 Å². The Hall–Kier alpha value is -1.59. The molecule has 134 valence electrons. The Morgan fingerprint density at radius 3 is 1.84 bits per heavy atom. The van der Waals surface area contributed by atoms with Crippen LogP contribution in [0.15, 0.2) is 48.5 Å². The number of halogens is 2. The van der Waals surface area contributed by atoms with Crippen molar-refractivity contribution < 1.29 is 19.4 Å². The maximum atomic E-state index is 12.2. The van der Waals surface area contributed by atoms with E-state index in [4.69, 9.17) is 32.7 Å². The molecule has 0 saturated heterocycles. The molecule has 2 aromatic carbocycles. The average Bonchev–Trinajstić information content (AvgIpc) is 2.63. The highest BCUT2D eigenvalue weighted by Gasteiger charge is 2.47. The van der Waals surface area contributed by atoms with Crippen LogP contribution in [0.2, 0.25) is 10.0 Å². The number of carbonyl (C=O) groups is 1. The van der Waals surface area contributed by atoms with Crippen LogP contribution in [0.4, 0.5) is 0 Å². The van der Waals surface area contributed by atoms with Crippen molar-refractivity contribution in [1.29, 1.82) is 0 Å². The Morgan fingerprint density at radius 2 is 1.48 bits per heavy atom. The van der Waals surface area contributed by atoms with E-state index in [-0.39, 0.29) is 0 Å². The summed E-state index contributed by atoms with van der Waals surface area (Å²) in [6, 6.07) is 13.6. The molecule has 0 spiro atoms. The molecule has 2 rings (SSSR count). The average molecular weight is 383 g/mol. The second-order valence-electron chi connectivity index (χ2n) is 5.52. The first-order valence-electron chi connectivity index (χ1n) is 7.87. The van der Waals surface area contributed by atoms with Crippen molar-refractivity contribution >= 4 is 29.2 Å². The van der Waals surface area contributed by atoms with Crippen molar-refractivity contribution in [3.05, 3.63) is 69.7 Å².